The molecule has 7 nitrogen and oxygen atoms in total. The second-order valence-electron chi connectivity index (χ2n) is 8.11. The van der Waals surface area contributed by atoms with Crippen LogP contribution in [-0.2, 0) is 4.74 Å². The van der Waals surface area contributed by atoms with Crippen LogP contribution < -0.4 is 9.47 Å². The third kappa shape index (κ3) is 2.60. The van der Waals surface area contributed by atoms with E-state index >= 15 is 0 Å². The number of benzene rings is 1. The Hall–Kier alpha value is -2.54. The van der Waals surface area contributed by atoms with E-state index in [9.17, 15) is 5.11 Å². The molecule has 0 saturated heterocycles. The van der Waals surface area contributed by atoms with Gasteiger partial charge in [-0.3, -0.25) is 0 Å². The lowest BCUT2D eigenvalue weighted by Gasteiger charge is -2.47. The van der Waals surface area contributed by atoms with Crippen molar-refractivity contribution in [3.8, 4) is 11.5 Å². The number of hydrogen-bond donors (Lipinski definition) is 1. The molecule has 0 radical (unpaired) electrons. The molecule has 1 aromatic carbocycles. The van der Waals surface area contributed by atoms with Crippen LogP contribution in [0.2, 0.25) is 0 Å². The molecule has 0 saturated carbocycles. The Bertz CT molecular complexity index is 887. The zero-order valence-corrected chi connectivity index (χ0v) is 16.8. The van der Waals surface area contributed by atoms with E-state index < -0.39 is 11.2 Å². The number of aliphatic hydroxyl groups is 1. The van der Waals surface area contributed by atoms with Crippen LogP contribution in [0.1, 0.15) is 50.5 Å². The van der Waals surface area contributed by atoms with Crippen molar-refractivity contribution >= 4 is 0 Å². The molecule has 1 N–H and O–H groups in total. The largest absolute Gasteiger partial charge is 0.497 e. The normalized spacial score (nSPS) is 29.2. The molecule has 1 aliphatic heterocycles. The molecule has 0 fully saturated rings. The van der Waals surface area contributed by atoms with Crippen molar-refractivity contribution in [3.63, 3.8) is 0 Å². The molecular formula is C21H26N2O5. The summed E-state index contributed by atoms with van der Waals surface area (Å²) >= 11 is 0. The maximum atomic E-state index is 11.2. The Labute approximate surface area is 164 Å². The topological polar surface area (TPSA) is 86.8 Å². The number of allylic oxidation sites excluding steroid dienone is 1. The van der Waals surface area contributed by atoms with Crippen LogP contribution >= 0.6 is 0 Å². The van der Waals surface area contributed by atoms with Crippen molar-refractivity contribution < 1.29 is 23.8 Å². The van der Waals surface area contributed by atoms with Crippen LogP contribution in [0.5, 0.6) is 11.5 Å². The van der Waals surface area contributed by atoms with Crippen LogP contribution in [0, 0.1) is 5.92 Å². The summed E-state index contributed by atoms with van der Waals surface area (Å²) in [5.41, 5.74) is -1.08. The first-order valence-electron chi connectivity index (χ1n) is 9.44. The highest BCUT2D eigenvalue weighted by Crippen LogP contribution is 2.61. The van der Waals surface area contributed by atoms with Gasteiger partial charge in [0.25, 0.3) is 0 Å². The first-order chi connectivity index (χ1) is 13.3. The molecule has 7 heteroatoms. The van der Waals surface area contributed by atoms with E-state index in [1.807, 2.05) is 24.3 Å². The summed E-state index contributed by atoms with van der Waals surface area (Å²) in [4.78, 5) is 4.20. The maximum Gasteiger partial charge on any atom is 0.233 e. The Morgan fingerprint density at radius 3 is 2.64 bits per heavy atom. The summed E-state index contributed by atoms with van der Waals surface area (Å²) in [5, 5.41) is 15.0. The molecule has 150 valence electrons. The van der Waals surface area contributed by atoms with Gasteiger partial charge < -0.3 is 23.8 Å². The van der Waals surface area contributed by atoms with Crippen LogP contribution in [0.15, 0.2) is 40.9 Å². The van der Waals surface area contributed by atoms with Gasteiger partial charge in [-0.15, -0.1) is 0 Å². The standard InChI is InChI=1S/C21H26N2O5/c1-12-9-13(19-22-11-23-28-19)10-16(26-5)21(12)18(20(2,3)24)17-14(25-4)7-6-8-15(17)27-21/h6-8,10-13,18,24H,9H2,1-5H3. The van der Waals surface area contributed by atoms with Gasteiger partial charge in [0.1, 0.15) is 17.3 Å². The Morgan fingerprint density at radius 1 is 1.25 bits per heavy atom. The van der Waals surface area contributed by atoms with Crippen LogP contribution in [-0.4, -0.2) is 40.7 Å². The first-order valence-corrected chi connectivity index (χ1v) is 9.44. The quantitative estimate of drug-likeness (QED) is 0.861. The molecule has 2 aromatic rings. The molecule has 4 rings (SSSR count). The molecule has 28 heavy (non-hydrogen) atoms. The van der Waals surface area contributed by atoms with Gasteiger partial charge in [0.15, 0.2) is 11.9 Å². The van der Waals surface area contributed by atoms with E-state index in [0.717, 1.165) is 12.0 Å². The summed E-state index contributed by atoms with van der Waals surface area (Å²) in [5.74, 6) is 2.15. The average molecular weight is 386 g/mol. The Morgan fingerprint density at radius 2 is 2.04 bits per heavy atom. The third-order valence-corrected chi connectivity index (χ3v) is 5.94. The number of ether oxygens (including phenoxy) is 3. The van der Waals surface area contributed by atoms with E-state index in [1.54, 1.807) is 28.1 Å². The van der Waals surface area contributed by atoms with Gasteiger partial charge in [-0.25, -0.2) is 0 Å². The molecule has 2 heterocycles. The molecule has 1 spiro atoms. The summed E-state index contributed by atoms with van der Waals surface area (Å²) in [7, 11) is 3.26. The lowest BCUT2D eigenvalue weighted by atomic mass is 9.63. The van der Waals surface area contributed by atoms with Crippen LogP contribution in [0.3, 0.4) is 0 Å². The minimum absolute atomic E-state index is 0.00196. The number of methoxy groups -OCH3 is 2. The predicted molar refractivity (Wildman–Crippen MR) is 101 cm³/mol. The molecule has 0 bridgehead atoms. The number of aromatic nitrogens is 2. The van der Waals surface area contributed by atoms with E-state index in [-0.39, 0.29) is 17.8 Å². The van der Waals surface area contributed by atoms with Gasteiger partial charge in [-0.1, -0.05) is 18.1 Å². The van der Waals surface area contributed by atoms with E-state index in [1.165, 1.54) is 6.33 Å². The SMILES string of the molecule is COC1=CC(c2ncno2)CC(C)C12Oc1cccc(OC)c1C2C(C)(C)O. The minimum atomic E-state index is -1.08. The smallest absolute Gasteiger partial charge is 0.233 e. The maximum absolute atomic E-state index is 11.2. The van der Waals surface area contributed by atoms with Crippen LogP contribution in [0.25, 0.3) is 0 Å². The fourth-order valence-electron chi connectivity index (χ4n) is 4.91. The van der Waals surface area contributed by atoms with Crippen molar-refractivity contribution in [2.45, 2.75) is 50.2 Å². The number of fused-ring (bicyclic) bond motifs is 1. The van der Waals surface area contributed by atoms with Crippen molar-refractivity contribution in [3.05, 3.63) is 47.8 Å². The number of nitrogens with zero attached hydrogens (tertiary/aromatic N) is 2. The van der Waals surface area contributed by atoms with Crippen molar-refractivity contribution in [2.75, 3.05) is 14.2 Å². The molecule has 4 atom stereocenters. The molecule has 1 aliphatic carbocycles. The second kappa shape index (κ2) is 6.51. The molecule has 4 unspecified atom stereocenters. The number of rotatable bonds is 4. The minimum Gasteiger partial charge on any atom is -0.497 e. The monoisotopic (exact) mass is 386 g/mol. The molecular weight excluding hydrogens is 360 g/mol. The highest BCUT2D eigenvalue weighted by molar-refractivity contribution is 5.56. The highest BCUT2D eigenvalue weighted by Gasteiger charge is 2.63. The van der Waals surface area contributed by atoms with Gasteiger partial charge >= 0.3 is 0 Å². The zero-order valence-electron chi connectivity index (χ0n) is 16.8. The average Bonchev–Trinajstić information content (AvgIpc) is 3.29. The highest BCUT2D eigenvalue weighted by atomic mass is 16.6. The third-order valence-electron chi connectivity index (χ3n) is 5.94. The Balaban J connectivity index is 1.91. The van der Waals surface area contributed by atoms with Gasteiger partial charge in [0.05, 0.1) is 31.7 Å². The first kappa shape index (κ1) is 18.8. The summed E-state index contributed by atoms with van der Waals surface area (Å²) in [6.07, 6.45) is 4.10. The number of hydrogen-bond acceptors (Lipinski definition) is 7. The lowest BCUT2D eigenvalue weighted by Crippen LogP contribution is -2.55. The van der Waals surface area contributed by atoms with Crippen molar-refractivity contribution in [1.29, 1.82) is 0 Å². The van der Waals surface area contributed by atoms with E-state index in [0.29, 0.717) is 23.1 Å². The van der Waals surface area contributed by atoms with Crippen molar-refractivity contribution in [1.82, 2.24) is 10.1 Å². The fourth-order valence-corrected chi connectivity index (χ4v) is 4.91. The predicted octanol–water partition coefficient (Wildman–Crippen LogP) is 3.42. The summed E-state index contributed by atoms with van der Waals surface area (Å²) in [6, 6.07) is 5.70. The fraction of sp³-hybridized carbons (Fsp3) is 0.524. The zero-order chi connectivity index (χ0) is 20.1. The van der Waals surface area contributed by atoms with E-state index in [4.69, 9.17) is 18.7 Å². The Kier molecular flexibility index (Phi) is 4.38. The van der Waals surface area contributed by atoms with Gasteiger partial charge in [-0.05, 0) is 38.5 Å². The van der Waals surface area contributed by atoms with Gasteiger partial charge in [-0.2, -0.15) is 4.98 Å². The lowest BCUT2D eigenvalue weighted by molar-refractivity contribution is -0.0753. The molecule has 0 amide bonds. The molecule has 1 aromatic heterocycles. The van der Waals surface area contributed by atoms with Crippen LogP contribution in [0.4, 0.5) is 0 Å². The summed E-state index contributed by atoms with van der Waals surface area (Å²) in [6.45, 7) is 5.70. The van der Waals surface area contributed by atoms with Gasteiger partial charge in [0, 0.05) is 11.5 Å². The van der Waals surface area contributed by atoms with Crippen molar-refractivity contribution in [2.24, 2.45) is 5.92 Å². The second-order valence-corrected chi connectivity index (χ2v) is 8.11. The van der Waals surface area contributed by atoms with E-state index in [2.05, 4.69) is 17.1 Å². The molecule has 2 aliphatic rings. The summed E-state index contributed by atoms with van der Waals surface area (Å²) < 4.78 is 23.4. The van der Waals surface area contributed by atoms with Gasteiger partial charge in [0.2, 0.25) is 5.89 Å².